The van der Waals surface area contributed by atoms with Gasteiger partial charge in [-0.05, 0) is 44.2 Å². The number of nitrogens with zero attached hydrogens (tertiary/aromatic N) is 1. The van der Waals surface area contributed by atoms with Gasteiger partial charge in [-0.25, -0.2) is 4.98 Å². The molecule has 1 heterocycles. The van der Waals surface area contributed by atoms with Gasteiger partial charge in [0, 0.05) is 11.1 Å². The number of nitrogens with one attached hydrogen (secondary N) is 1. The number of aromatic nitrogens is 1. The third-order valence-electron chi connectivity index (χ3n) is 3.18. The summed E-state index contributed by atoms with van der Waals surface area (Å²) >= 11 is 5.98. The van der Waals surface area contributed by atoms with Gasteiger partial charge in [-0.3, -0.25) is 4.79 Å². The van der Waals surface area contributed by atoms with Crippen LogP contribution in [0.1, 0.15) is 13.8 Å². The molecule has 0 unspecified atom stereocenters. The second kappa shape index (κ2) is 6.26. The Morgan fingerprint density at radius 2 is 2.00 bits per heavy atom. The highest BCUT2D eigenvalue weighted by atomic mass is 35.5. The molecule has 0 radical (unpaired) electrons. The maximum absolute atomic E-state index is 12.0. The van der Waals surface area contributed by atoms with E-state index in [4.69, 9.17) is 16.0 Å². The number of carbonyl (C=O) groups is 1. The topological polar surface area (TPSA) is 55.1 Å². The molecule has 0 spiro atoms. The van der Waals surface area contributed by atoms with Gasteiger partial charge in [0.15, 0.2) is 5.58 Å². The first kappa shape index (κ1) is 15.3. The number of oxazole rings is 1. The molecule has 1 amide bonds. The standard InChI is InChI=1S/C18H15ClN2O2/c1-11(2)9-17(22)20-14-6-4-3-5-13(14)18-21-15-10-12(19)7-8-16(15)23-18/h3-10H,1-2H3,(H,20,22). The van der Waals surface area contributed by atoms with Gasteiger partial charge in [-0.1, -0.05) is 29.3 Å². The lowest BCUT2D eigenvalue weighted by molar-refractivity contribution is -0.111. The molecule has 0 saturated carbocycles. The number of rotatable bonds is 3. The first-order valence-corrected chi connectivity index (χ1v) is 7.52. The molecule has 3 aromatic rings. The van der Waals surface area contributed by atoms with Gasteiger partial charge in [0.05, 0.1) is 11.3 Å². The maximum Gasteiger partial charge on any atom is 0.248 e. The van der Waals surface area contributed by atoms with Crippen LogP contribution in [-0.2, 0) is 4.79 Å². The predicted molar refractivity (Wildman–Crippen MR) is 92.5 cm³/mol. The molecular formula is C18H15ClN2O2. The van der Waals surface area contributed by atoms with Crippen LogP contribution in [0.5, 0.6) is 0 Å². The van der Waals surface area contributed by atoms with Crippen molar-refractivity contribution in [3.8, 4) is 11.5 Å². The summed E-state index contributed by atoms with van der Waals surface area (Å²) in [5.41, 5.74) is 3.62. The minimum absolute atomic E-state index is 0.184. The van der Waals surface area contributed by atoms with Crippen LogP contribution in [0, 0.1) is 0 Å². The molecule has 0 saturated heterocycles. The lowest BCUT2D eigenvalue weighted by atomic mass is 10.1. The average Bonchev–Trinajstić information content (AvgIpc) is 2.89. The van der Waals surface area contributed by atoms with E-state index in [1.165, 1.54) is 0 Å². The zero-order valence-corrected chi connectivity index (χ0v) is 13.5. The Kier molecular flexibility index (Phi) is 4.17. The molecule has 0 bridgehead atoms. The third-order valence-corrected chi connectivity index (χ3v) is 3.42. The summed E-state index contributed by atoms with van der Waals surface area (Å²) in [4.78, 5) is 16.4. The van der Waals surface area contributed by atoms with Crippen LogP contribution in [0.2, 0.25) is 5.02 Å². The largest absolute Gasteiger partial charge is 0.436 e. The summed E-state index contributed by atoms with van der Waals surface area (Å²) < 4.78 is 5.78. The summed E-state index contributed by atoms with van der Waals surface area (Å²) in [6.07, 6.45) is 1.54. The van der Waals surface area contributed by atoms with Gasteiger partial charge in [0.1, 0.15) is 5.52 Å². The van der Waals surface area contributed by atoms with Crippen LogP contribution in [0.3, 0.4) is 0 Å². The van der Waals surface area contributed by atoms with Gasteiger partial charge in [0.2, 0.25) is 11.8 Å². The summed E-state index contributed by atoms with van der Waals surface area (Å²) in [5, 5.41) is 3.45. The smallest absolute Gasteiger partial charge is 0.248 e. The van der Waals surface area contributed by atoms with Gasteiger partial charge >= 0.3 is 0 Å². The van der Waals surface area contributed by atoms with E-state index in [1.807, 2.05) is 38.1 Å². The van der Waals surface area contributed by atoms with Crippen molar-refractivity contribution in [1.29, 1.82) is 0 Å². The van der Waals surface area contributed by atoms with E-state index in [-0.39, 0.29) is 5.91 Å². The molecule has 23 heavy (non-hydrogen) atoms. The van der Waals surface area contributed by atoms with Gasteiger partial charge < -0.3 is 9.73 Å². The SMILES string of the molecule is CC(C)=CC(=O)Nc1ccccc1-c1nc2cc(Cl)ccc2o1. The van der Waals surface area contributed by atoms with Crippen LogP contribution in [-0.4, -0.2) is 10.9 Å². The van der Waals surface area contributed by atoms with Crippen molar-refractivity contribution in [1.82, 2.24) is 4.98 Å². The minimum Gasteiger partial charge on any atom is -0.436 e. The summed E-state index contributed by atoms with van der Waals surface area (Å²) in [6.45, 7) is 3.74. The van der Waals surface area contributed by atoms with Crippen molar-refractivity contribution >= 4 is 34.3 Å². The monoisotopic (exact) mass is 326 g/mol. The zero-order chi connectivity index (χ0) is 16.4. The van der Waals surface area contributed by atoms with Gasteiger partial charge in [0.25, 0.3) is 0 Å². The number of halogens is 1. The second-order valence-corrected chi connectivity index (χ2v) is 5.82. The number of hydrogen-bond donors (Lipinski definition) is 1. The Bertz CT molecular complexity index is 908. The van der Waals surface area contributed by atoms with Crippen molar-refractivity contribution in [2.75, 3.05) is 5.32 Å². The van der Waals surface area contributed by atoms with Crippen molar-refractivity contribution in [2.45, 2.75) is 13.8 Å². The minimum atomic E-state index is -0.184. The normalized spacial score (nSPS) is 10.6. The van der Waals surface area contributed by atoms with Crippen LogP contribution in [0.4, 0.5) is 5.69 Å². The first-order valence-electron chi connectivity index (χ1n) is 7.14. The predicted octanol–water partition coefficient (Wildman–Crippen LogP) is 5.05. The highest BCUT2D eigenvalue weighted by Gasteiger charge is 2.13. The lowest BCUT2D eigenvalue weighted by Crippen LogP contribution is -2.09. The fourth-order valence-corrected chi connectivity index (χ4v) is 2.39. The molecule has 0 aliphatic heterocycles. The van der Waals surface area contributed by atoms with Gasteiger partial charge in [-0.15, -0.1) is 0 Å². The van der Waals surface area contributed by atoms with E-state index in [1.54, 1.807) is 24.3 Å². The number of anilines is 1. The van der Waals surface area contributed by atoms with E-state index in [9.17, 15) is 4.79 Å². The molecule has 5 heteroatoms. The van der Waals surface area contributed by atoms with Crippen LogP contribution in [0.15, 0.2) is 58.5 Å². The highest BCUT2D eigenvalue weighted by molar-refractivity contribution is 6.31. The van der Waals surface area contributed by atoms with Crippen LogP contribution < -0.4 is 5.32 Å². The number of hydrogen-bond acceptors (Lipinski definition) is 3. The second-order valence-electron chi connectivity index (χ2n) is 5.39. The quantitative estimate of drug-likeness (QED) is 0.685. The fourth-order valence-electron chi connectivity index (χ4n) is 2.23. The lowest BCUT2D eigenvalue weighted by Gasteiger charge is -2.07. The van der Waals surface area contributed by atoms with Crippen LogP contribution in [0.25, 0.3) is 22.6 Å². The molecule has 116 valence electrons. The van der Waals surface area contributed by atoms with Crippen molar-refractivity contribution < 1.29 is 9.21 Å². The number of fused-ring (bicyclic) bond motifs is 1. The fraction of sp³-hybridized carbons (Fsp3) is 0.111. The Balaban J connectivity index is 2.01. The Labute approximate surface area is 138 Å². The zero-order valence-electron chi connectivity index (χ0n) is 12.8. The summed E-state index contributed by atoms with van der Waals surface area (Å²) in [6, 6.07) is 12.7. The van der Waals surface area contributed by atoms with Crippen LogP contribution >= 0.6 is 11.6 Å². The number of allylic oxidation sites excluding steroid dienone is 1. The van der Waals surface area contributed by atoms with Gasteiger partial charge in [-0.2, -0.15) is 0 Å². The number of amides is 1. The van der Waals surface area contributed by atoms with E-state index in [0.717, 1.165) is 11.1 Å². The molecule has 4 nitrogen and oxygen atoms in total. The molecule has 0 aliphatic rings. The van der Waals surface area contributed by atoms with Crippen molar-refractivity contribution in [3.05, 3.63) is 59.1 Å². The average molecular weight is 327 g/mol. The van der Waals surface area contributed by atoms with E-state index >= 15 is 0 Å². The first-order chi connectivity index (χ1) is 11.0. The Hall–Kier alpha value is -2.59. The molecule has 1 aromatic heterocycles. The van der Waals surface area contributed by atoms with Crippen molar-refractivity contribution in [2.24, 2.45) is 0 Å². The Morgan fingerprint density at radius 3 is 2.78 bits per heavy atom. The molecule has 3 rings (SSSR count). The Morgan fingerprint density at radius 1 is 1.22 bits per heavy atom. The molecule has 0 fully saturated rings. The maximum atomic E-state index is 12.0. The van der Waals surface area contributed by atoms with Crippen molar-refractivity contribution in [3.63, 3.8) is 0 Å². The molecular weight excluding hydrogens is 312 g/mol. The number of benzene rings is 2. The number of carbonyl (C=O) groups excluding carboxylic acids is 1. The van der Waals surface area contributed by atoms with E-state index in [2.05, 4.69) is 10.3 Å². The molecule has 0 atom stereocenters. The summed E-state index contributed by atoms with van der Waals surface area (Å²) in [5.74, 6) is 0.256. The molecule has 1 N–H and O–H groups in total. The third kappa shape index (κ3) is 3.43. The summed E-state index contributed by atoms with van der Waals surface area (Å²) in [7, 11) is 0. The molecule has 2 aromatic carbocycles. The molecule has 0 aliphatic carbocycles. The van der Waals surface area contributed by atoms with E-state index < -0.39 is 0 Å². The highest BCUT2D eigenvalue weighted by Crippen LogP contribution is 2.31. The van der Waals surface area contributed by atoms with E-state index in [0.29, 0.717) is 27.7 Å². The number of para-hydroxylation sites is 1.